The van der Waals surface area contributed by atoms with Gasteiger partial charge in [-0.05, 0) is 48.2 Å². The predicted molar refractivity (Wildman–Crippen MR) is 132 cm³/mol. The van der Waals surface area contributed by atoms with Gasteiger partial charge < -0.3 is 15.0 Å². The number of morpholine rings is 1. The number of fused-ring (bicyclic) bond motifs is 2. The quantitative estimate of drug-likeness (QED) is 0.437. The summed E-state index contributed by atoms with van der Waals surface area (Å²) in [6, 6.07) is 13.3. The molecule has 1 amide bonds. The molecule has 176 valence electrons. The van der Waals surface area contributed by atoms with Gasteiger partial charge in [-0.3, -0.25) is 14.2 Å². The van der Waals surface area contributed by atoms with Gasteiger partial charge in [-0.15, -0.1) is 0 Å². The summed E-state index contributed by atoms with van der Waals surface area (Å²) in [5, 5.41) is 6.77. The van der Waals surface area contributed by atoms with Crippen LogP contribution < -0.4 is 5.32 Å². The summed E-state index contributed by atoms with van der Waals surface area (Å²) in [6.07, 6.45) is 6.89. The fourth-order valence-corrected chi connectivity index (χ4v) is 4.87. The zero-order chi connectivity index (χ0) is 23.8. The summed E-state index contributed by atoms with van der Waals surface area (Å²) in [5.74, 6) is 0.816. The number of nitrogens with zero attached hydrogens (tertiary/aromatic N) is 5. The largest absolute Gasteiger partial charge is 0.378 e. The average Bonchev–Trinajstić information content (AvgIpc) is 3.50. The van der Waals surface area contributed by atoms with Crippen molar-refractivity contribution in [2.45, 2.75) is 18.9 Å². The van der Waals surface area contributed by atoms with Crippen molar-refractivity contribution >= 4 is 23.1 Å². The summed E-state index contributed by atoms with van der Waals surface area (Å²) in [4.78, 5) is 34.8. The van der Waals surface area contributed by atoms with E-state index in [0.29, 0.717) is 37.5 Å². The van der Waals surface area contributed by atoms with Crippen molar-refractivity contribution in [2.75, 3.05) is 31.6 Å². The molecular weight excluding hydrogens is 444 g/mol. The summed E-state index contributed by atoms with van der Waals surface area (Å²) < 4.78 is 7.31. The highest BCUT2D eigenvalue weighted by Crippen LogP contribution is 2.37. The third kappa shape index (κ3) is 3.93. The van der Waals surface area contributed by atoms with Crippen LogP contribution in [0.1, 0.15) is 33.9 Å². The van der Waals surface area contributed by atoms with Crippen LogP contribution in [0.15, 0.2) is 66.2 Å². The lowest BCUT2D eigenvalue weighted by Gasteiger charge is -2.26. The minimum absolute atomic E-state index is 0.0126. The van der Waals surface area contributed by atoms with Crippen molar-refractivity contribution in [3.05, 3.63) is 82.7 Å². The van der Waals surface area contributed by atoms with Crippen molar-refractivity contribution in [2.24, 2.45) is 5.18 Å². The van der Waals surface area contributed by atoms with Gasteiger partial charge >= 0.3 is 0 Å². The van der Waals surface area contributed by atoms with Crippen molar-refractivity contribution in [1.82, 2.24) is 19.3 Å². The zero-order valence-corrected chi connectivity index (χ0v) is 19.1. The first kappa shape index (κ1) is 21.4. The van der Waals surface area contributed by atoms with Gasteiger partial charge in [0.25, 0.3) is 5.91 Å². The van der Waals surface area contributed by atoms with Gasteiger partial charge in [0.1, 0.15) is 17.6 Å². The Bertz CT molecular complexity index is 1410. The van der Waals surface area contributed by atoms with Gasteiger partial charge in [-0.1, -0.05) is 23.4 Å². The smallest absolute Gasteiger partial charge is 0.254 e. The number of aryl methyl sites for hydroxylation is 1. The van der Waals surface area contributed by atoms with Crippen LogP contribution in [0.25, 0.3) is 16.9 Å². The van der Waals surface area contributed by atoms with Crippen LogP contribution in [0.5, 0.6) is 0 Å². The molecule has 1 N–H and O–H groups in total. The Labute approximate surface area is 201 Å². The van der Waals surface area contributed by atoms with Crippen LogP contribution in [-0.2, 0) is 11.2 Å². The van der Waals surface area contributed by atoms with Crippen LogP contribution in [-0.4, -0.2) is 51.5 Å². The molecule has 2 aromatic carbocycles. The molecule has 3 heterocycles. The summed E-state index contributed by atoms with van der Waals surface area (Å²) in [5.41, 5.74) is 6.07. The molecule has 9 heteroatoms. The van der Waals surface area contributed by atoms with E-state index in [1.807, 2.05) is 51.9 Å². The number of ether oxygens (including phenoxy) is 1. The van der Waals surface area contributed by atoms with Gasteiger partial charge in [0.15, 0.2) is 5.65 Å². The minimum atomic E-state index is -0.254. The Morgan fingerprint density at radius 1 is 1.11 bits per heavy atom. The van der Waals surface area contributed by atoms with Crippen molar-refractivity contribution in [1.29, 1.82) is 0 Å². The van der Waals surface area contributed by atoms with E-state index in [4.69, 9.17) is 9.72 Å². The number of nitrogens with one attached hydrogen (secondary N) is 1. The van der Waals surface area contributed by atoms with Crippen LogP contribution in [0, 0.1) is 4.91 Å². The molecule has 1 aliphatic carbocycles. The molecule has 2 aliphatic rings. The molecule has 2 aromatic heterocycles. The van der Waals surface area contributed by atoms with Gasteiger partial charge in [0, 0.05) is 42.3 Å². The van der Waals surface area contributed by atoms with E-state index in [2.05, 4.69) is 21.5 Å². The lowest BCUT2D eigenvalue weighted by molar-refractivity contribution is 0.0303. The maximum Gasteiger partial charge on any atom is 0.254 e. The number of rotatable bonds is 5. The molecular formula is C26H24N6O3. The number of benzene rings is 2. The Morgan fingerprint density at radius 3 is 2.74 bits per heavy atom. The van der Waals surface area contributed by atoms with E-state index in [0.717, 1.165) is 46.7 Å². The lowest BCUT2D eigenvalue weighted by Crippen LogP contribution is -2.40. The summed E-state index contributed by atoms with van der Waals surface area (Å²) >= 11 is 0. The average molecular weight is 469 g/mol. The Kier molecular flexibility index (Phi) is 5.46. The van der Waals surface area contributed by atoms with E-state index in [-0.39, 0.29) is 11.9 Å². The summed E-state index contributed by atoms with van der Waals surface area (Å²) in [7, 11) is 0. The molecule has 1 aliphatic heterocycles. The standard InChI is InChI=1S/C26H24N6O3/c33-26(31-11-13-35-14-12-31)18-3-1-17(2-4-18)24-25(32-10-9-27-16-23(32)29-24)28-20-6-7-21-19(15-20)5-8-22(21)30-34/h1-4,6-7,9-10,15-16,22,28H,5,8,11-14H2. The first-order chi connectivity index (χ1) is 17.2. The maximum atomic E-state index is 12.8. The van der Waals surface area contributed by atoms with Crippen LogP contribution in [0.2, 0.25) is 0 Å². The maximum absolute atomic E-state index is 12.8. The van der Waals surface area contributed by atoms with Gasteiger partial charge in [-0.25, -0.2) is 4.98 Å². The second-order valence-corrected chi connectivity index (χ2v) is 8.79. The Balaban J connectivity index is 1.33. The van der Waals surface area contributed by atoms with E-state index >= 15 is 0 Å². The lowest BCUT2D eigenvalue weighted by atomic mass is 10.1. The first-order valence-electron chi connectivity index (χ1n) is 11.7. The molecule has 0 saturated carbocycles. The zero-order valence-electron chi connectivity index (χ0n) is 19.1. The number of hydrogen-bond donors (Lipinski definition) is 1. The highest BCUT2D eigenvalue weighted by atomic mass is 16.5. The van der Waals surface area contributed by atoms with E-state index < -0.39 is 0 Å². The Hall–Kier alpha value is -4.11. The number of aromatic nitrogens is 3. The molecule has 1 atom stereocenters. The van der Waals surface area contributed by atoms with E-state index in [9.17, 15) is 9.70 Å². The molecule has 4 aromatic rings. The number of amides is 1. The highest BCUT2D eigenvalue weighted by molar-refractivity contribution is 5.95. The topological polar surface area (TPSA) is 101 Å². The molecule has 0 bridgehead atoms. The van der Waals surface area contributed by atoms with Crippen LogP contribution in [0.3, 0.4) is 0 Å². The number of imidazole rings is 1. The number of carbonyl (C=O) groups excluding carboxylic acids is 1. The third-order valence-electron chi connectivity index (χ3n) is 6.71. The molecule has 35 heavy (non-hydrogen) atoms. The first-order valence-corrected chi connectivity index (χ1v) is 11.7. The second kappa shape index (κ2) is 8.92. The van der Waals surface area contributed by atoms with Gasteiger partial charge in [0.2, 0.25) is 0 Å². The SMILES string of the molecule is O=NC1CCc2cc(Nc3c(-c4ccc(C(=O)N5CCOCC5)cc4)nc4cnccn34)ccc21. The van der Waals surface area contributed by atoms with E-state index in [1.54, 1.807) is 12.4 Å². The second-order valence-electron chi connectivity index (χ2n) is 8.79. The highest BCUT2D eigenvalue weighted by Gasteiger charge is 2.24. The molecule has 1 fully saturated rings. The summed E-state index contributed by atoms with van der Waals surface area (Å²) in [6.45, 7) is 2.36. The van der Waals surface area contributed by atoms with Crippen molar-refractivity contribution in [3.8, 4) is 11.3 Å². The molecule has 6 rings (SSSR count). The number of nitroso groups, excluding NO2 is 1. The molecule has 1 saturated heterocycles. The normalized spacial score (nSPS) is 17.4. The molecule has 1 unspecified atom stereocenters. The third-order valence-corrected chi connectivity index (χ3v) is 6.71. The van der Waals surface area contributed by atoms with Crippen LogP contribution in [0.4, 0.5) is 11.5 Å². The van der Waals surface area contributed by atoms with Crippen molar-refractivity contribution < 1.29 is 9.53 Å². The molecule has 0 spiro atoms. The molecule has 9 nitrogen and oxygen atoms in total. The fourth-order valence-electron chi connectivity index (χ4n) is 4.87. The number of carbonyl (C=O) groups is 1. The number of hydrogen-bond acceptors (Lipinski definition) is 7. The predicted octanol–water partition coefficient (Wildman–Crippen LogP) is 4.37. The van der Waals surface area contributed by atoms with Gasteiger partial charge in [-0.2, -0.15) is 4.91 Å². The van der Waals surface area contributed by atoms with Gasteiger partial charge in [0.05, 0.1) is 19.4 Å². The van der Waals surface area contributed by atoms with Crippen LogP contribution >= 0.6 is 0 Å². The monoisotopic (exact) mass is 468 g/mol. The van der Waals surface area contributed by atoms with E-state index in [1.165, 1.54) is 0 Å². The Morgan fingerprint density at radius 2 is 1.94 bits per heavy atom. The molecule has 0 radical (unpaired) electrons. The van der Waals surface area contributed by atoms with Crippen molar-refractivity contribution in [3.63, 3.8) is 0 Å². The fraction of sp³-hybridized carbons (Fsp3) is 0.269. The minimum Gasteiger partial charge on any atom is -0.378 e. The number of anilines is 2.